The van der Waals surface area contributed by atoms with E-state index in [-0.39, 0.29) is 5.91 Å². The second-order valence-electron chi connectivity index (χ2n) is 5.30. The Morgan fingerprint density at radius 2 is 1.92 bits per heavy atom. The van der Waals surface area contributed by atoms with E-state index < -0.39 is 0 Å². The summed E-state index contributed by atoms with van der Waals surface area (Å²) in [6.45, 7) is 4.71. The molecule has 5 nitrogen and oxygen atoms in total. The summed E-state index contributed by atoms with van der Waals surface area (Å²) in [6.07, 6.45) is 0. The predicted molar refractivity (Wildman–Crippen MR) is 95.6 cm³/mol. The molecule has 0 radical (unpaired) electrons. The minimum atomic E-state index is -0.159. The van der Waals surface area contributed by atoms with E-state index >= 15 is 0 Å². The summed E-state index contributed by atoms with van der Waals surface area (Å²) in [5, 5.41) is 6.19. The lowest BCUT2D eigenvalue weighted by Gasteiger charge is -2.10. The Balaban J connectivity index is 2.00. The fourth-order valence-corrected chi connectivity index (χ4v) is 2.20. The molecule has 2 N–H and O–H groups in total. The molecule has 128 valence electrons. The van der Waals surface area contributed by atoms with Gasteiger partial charge in [-0.2, -0.15) is 0 Å². The molecule has 0 fully saturated rings. The molecule has 0 aliphatic heterocycles. The molecule has 0 atom stereocenters. The molecule has 0 saturated heterocycles. The summed E-state index contributed by atoms with van der Waals surface area (Å²) in [7, 11) is 1.62. The molecule has 24 heavy (non-hydrogen) atoms. The van der Waals surface area contributed by atoms with Gasteiger partial charge in [0.2, 0.25) is 0 Å². The van der Waals surface area contributed by atoms with Gasteiger partial charge in [0.15, 0.2) is 0 Å². The summed E-state index contributed by atoms with van der Waals surface area (Å²) in [4.78, 5) is 12.4. The van der Waals surface area contributed by atoms with E-state index in [0.29, 0.717) is 24.5 Å². The van der Waals surface area contributed by atoms with Crippen molar-refractivity contribution in [3.8, 4) is 5.75 Å². The first kappa shape index (κ1) is 18.0. The molecule has 0 aliphatic carbocycles. The van der Waals surface area contributed by atoms with Crippen molar-refractivity contribution < 1.29 is 14.3 Å². The van der Waals surface area contributed by atoms with Crippen LogP contribution < -0.4 is 15.4 Å². The smallest absolute Gasteiger partial charge is 0.255 e. The standard InChI is InChI=1S/C19H24N2O3/c1-3-20-14-15-6-4-8-17(12-15)21-19(22)16-7-5-9-18(13-16)24-11-10-23-2/h4-9,12-13,20H,3,10-11,14H2,1-2H3,(H,21,22). The molecular formula is C19H24N2O3. The summed E-state index contributed by atoms with van der Waals surface area (Å²) in [6, 6.07) is 14.9. The summed E-state index contributed by atoms with van der Waals surface area (Å²) in [5.74, 6) is 0.494. The third-order valence-electron chi connectivity index (χ3n) is 3.42. The summed E-state index contributed by atoms with van der Waals surface area (Å²) in [5.41, 5.74) is 2.47. The van der Waals surface area contributed by atoms with Gasteiger partial charge in [-0.1, -0.05) is 25.1 Å². The first-order valence-corrected chi connectivity index (χ1v) is 8.05. The SMILES string of the molecule is CCNCc1cccc(NC(=O)c2cccc(OCCOC)c2)c1. The van der Waals surface area contributed by atoms with Gasteiger partial charge in [-0.25, -0.2) is 0 Å². The molecule has 0 spiro atoms. The van der Waals surface area contributed by atoms with Crippen LogP contribution >= 0.6 is 0 Å². The van der Waals surface area contributed by atoms with E-state index in [2.05, 4.69) is 17.6 Å². The van der Waals surface area contributed by atoms with Crippen molar-refractivity contribution in [2.75, 3.05) is 32.2 Å². The quantitative estimate of drug-likeness (QED) is 0.695. The third kappa shape index (κ3) is 5.68. The Bertz CT molecular complexity index is 659. The third-order valence-corrected chi connectivity index (χ3v) is 3.42. The van der Waals surface area contributed by atoms with E-state index in [4.69, 9.17) is 9.47 Å². The zero-order valence-electron chi connectivity index (χ0n) is 14.2. The monoisotopic (exact) mass is 328 g/mol. The number of hydrogen-bond acceptors (Lipinski definition) is 4. The number of ether oxygens (including phenoxy) is 2. The first-order valence-electron chi connectivity index (χ1n) is 8.05. The van der Waals surface area contributed by atoms with Crippen molar-refractivity contribution in [1.82, 2.24) is 5.32 Å². The van der Waals surface area contributed by atoms with Crippen molar-refractivity contribution >= 4 is 11.6 Å². The van der Waals surface area contributed by atoms with Gasteiger partial charge >= 0.3 is 0 Å². The van der Waals surface area contributed by atoms with Crippen LogP contribution in [0.1, 0.15) is 22.8 Å². The Kier molecular flexibility index (Phi) is 7.26. The Hall–Kier alpha value is -2.37. The van der Waals surface area contributed by atoms with E-state index in [1.807, 2.05) is 30.3 Å². The average molecular weight is 328 g/mol. The van der Waals surface area contributed by atoms with Gasteiger partial charge in [0.25, 0.3) is 5.91 Å². The van der Waals surface area contributed by atoms with Crippen molar-refractivity contribution in [2.45, 2.75) is 13.5 Å². The molecule has 5 heteroatoms. The van der Waals surface area contributed by atoms with Crippen molar-refractivity contribution in [3.05, 3.63) is 59.7 Å². The van der Waals surface area contributed by atoms with Crippen LogP contribution in [0.3, 0.4) is 0 Å². The van der Waals surface area contributed by atoms with Crippen molar-refractivity contribution in [1.29, 1.82) is 0 Å². The number of nitrogens with one attached hydrogen (secondary N) is 2. The number of anilines is 1. The van der Waals surface area contributed by atoms with Gasteiger partial charge in [0.1, 0.15) is 12.4 Å². The Labute approximate surface area is 143 Å². The van der Waals surface area contributed by atoms with Crippen LogP contribution in [0.2, 0.25) is 0 Å². The molecule has 0 unspecified atom stereocenters. The molecule has 0 aromatic heterocycles. The van der Waals surface area contributed by atoms with Crippen molar-refractivity contribution in [2.24, 2.45) is 0 Å². The maximum atomic E-state index is 12.4. The van der Waals surface area contributed by atoms with Crippen LogP contribution in [0, 0.1) is 0 Å². The number of methoxy groups -OCH3 is 1. The van der Waals surface area contributed by atoms with Crippen molar-refractivity contribution in [3.63, 3.8) is 0 Å². The lowest BCUT2D eigenvalue weighted by molar-refractivity contribution is 0.102. The second kappa shape index (κ2) is 9.70. The van der Waals surface area contributed by atoms with Crippen LogP contribution in [-0.2, 0) is 11.3 Å². The predicted octanol–water partition coefficient (Wildman–Crippen LogP) is 3.07. The zero-order chi connectivity index (χ0) is 17.2. The van der Waals surface area contributed by atoms with Gasteiger partial charge in [-0.05, 0) is 42.4 Å². The van der Waals surface area contributed by atoms with Gasteiger partial charge in [-0.15, -0.1) is 0 Å². The molecule has 2 aromatic rings. The van der Waals surface area contributed by atoms with Crippen LogP contribution in [0.25, 0.3) is 0 Å². The summed E-state index contributed by atoms with van der Waals surface area (Å²) >= 11 is 0. The topological polar surface area (TPSA) is 59.6 Å². The van der Waals surface area contributed by atoms with Crippen LogP contribution in [0.5, 0.6) is 5.75 Å². The van der Waals surface area contributed by atoms with Gasteiger partial charge in [0.05, 0.1) is 6.61 Å². The minimum absolute atomic E-state index is 0.159. The summed E-state index contributed by atoms with van der Waals surface area (Å²) < 4.78 is 10.5. The fraction of sp³-hybridized carbons (Fsp3) is 0.316. The highest BCUT2D eigenvalue weighted by molar-refractivity contribution is 6.04. The maximum absolute atomic E-state index is 12.4. The number of rotatable bonds is 9. The Morgan fingerprint density at radius 3 is 2.71 bits per heavy atom. The molecule has 0 heterocycles. The highest BCUT2D eigenvalue weighted by Gasteiger charge is 2.08. The van der Waals surface area contributed by atoms with E-state index in [1.54, 1.807) is 25.3 Å². The zero-order valence-corrected chi connectivity index (χ0v) is 14.2. The largest absolute Gasteiger partial charge is 0.491 e. The number of carbonyl (C=O) groups excluding carboxylic acids is 1. The molecule has 1 amide bonds. The molecule has 2 rings (SSSR count). The van der Waals surface area contributed by atoms with Gasteiger partial charge < -0.3 is 20.1 Å². The fourth-order valence-electron chi connectivity index (χ4n) is 2.20. The normalized spacial score (nSPS) is 10.4. The molecule has 2 aromatic carbocycles. The van der Waals surface area contributed by atoms with E-state index in [9.17, 15) is 4.79 Å². The molecule has 0 bridgehead atoms. The van der Waals surface area contributed by atoms with Crippen LogP contribution in [0.15, 0.2) is 48.5 Å². The van der Waals surface area contributed by atoms with Gasteiger partial charge in [0, 0.05) is 24.9 Å². The number of amides is 1. The van der Waals surface area contributed by atoms with E-state index in [0.717, 1.165) is 24.3 Å². The van der Waals surface area contributed by atoms with Crippen LogP contribution in [0.4, 0.5) is 5.69 Å². The van der Waals surface area contributed by atoms with Gasteiger partial charge in [-0.3, -0.25) is 4.79 Å². The molecule has 0 aliphatic rings. The lowest BCUT2D eigenvalue weighted by atomic mass is 10.1. The highest BCUT2D eigenvalue weighted by Crippen LogP contribution is 2.16. The molecule has 0 saturated carbocycles. The number of hydrogen-bond donors (Lipinski definition) is 2. The second-order valence-corrected chi connectivity index (χ2v) is 5.30. The Morgan fingerprint density at radius 1 is 1.08 bits per heavy atom. The highest BCUT2D eigenvalue weighted by atomic mass is 16.5. The minimum Gasteiger partial charge on any atom is -0.491 e. The number of benzene rings is 2. The number of carbonyl (C=O) groups is 1. The average Bonchev–Trinajstić information content (AvgIpc) is 2.61. The maximum Gasteiger partial charge on any atom is 0.255 e. The van der Waals surface area contributed by atoms with Crippen LogP contribution in [-0.4, -0.2) is 32.8 Å². The lowest BCUT2D eigenvalue weighted by Crippen LogP contribution is -2.14. The van der Waals surface area contributed by atoms with E-state index in [1.165, 1.54) is 0 Å². The molecular weight excluding hydrogens is 304 g/mol. The first-order chi connectivity index (χ1) is 11.7.